The van der Waals surface area contributed by atoms with Gasteiger partial charge in [0.2, 0.25) is 0 Å². The van der Waals surface area contributed by atoms with Gasteiger partial charge in [-0.15, -0.1) is 24.0 Å². The van der Waals surface area contributed by atoms with E-state index in [1.54, 1.807) is 12.1 Å². The number of benzene rings is 1. The average molecular weight is 548 g/mol. The Morgan fingerprint density at radius 2 is 2.00 bits per heavy atom. The summed E-state index contributed by atoms with van der Waals surface area (Å²) in [6.07, 6.45) is 5.18. The van der Waals surface area contributed by atoms with Gasteiger partial charge in [0.15, 0.2) is 5.96 Å². The average Bonchev–Trinajstić information content (AvgIpc) is 2.77. The number of guanidine groups is 1. The third-order valence-corrected chi connectivity index (χ3v) is 5.76. The molecule has 2 fully saturated rings. The smallest absolute Gasteiger partial charge is 0.191 e. The van der Waals surface area contributed by atoms with Crippen molar-refractivity contribution in [1.82, 2.24) is 10.6 Å². The van der Waals surface area contributed by atoms with Crippen LogP contribution in [-0.4, -0.2) is 64.6 Å². The van der Waals surface area contributed by atoms with E-state index in [1.165, 1.54) is 6.07 Å². The summed E-state index contributed by atoms with van der Waals surface area (Å²) in [6.45, 7) is 8.86. The van der Waals surface area contributed by atoms with Gasteiger partial charge in [0.1, 0.15) is 5.82 Å². The molecule has 176 valence electrons. The van der Waals surface area contributed by atoms with Crippen LogP contribution >= 0.6 is 24.0 Å². The lowest BCUT2D eigenvalue weighted by atomic mass is 10.0. The van der Waals surface area contributed by atoms with E-state index in [1.807, 2.05) is 6.07 Å². The first-order chi connectivity index (χ1) is 14.7. The third-order valence-electron chi connectivity index (χ3n) is 5.76. The minimum Gasteiger partial charge on any atom is -0.381 e. The van der Waals surface area contributed by atoms with Crippen LogP contribution in [0, 0.1) is 11.7 Å². The molecule has 3 rings (SSSR count). The molecule has 0 aliphatic carbocycles. The molecule has 0 spiro atoms. The zero-order valence-corrected chi connectivity index (χ0v) is 21.0. The summed E-state index contributed by atoms with van der Waals surface area (Å²) < 4.78 is 24.7. The van der Waals surface area contributed by atoms with Crippen molar-refractivity contribution < 1.29 is 13.9 Å². The molecule has 2 aliphatic heterocycles. The Labute approximate surface area is 203 Å². The number of nitrogens with one attached hydrogen (secondary N) is 2. The van der Waals surface area contributed by atoms with Gasteiger partial charge in [0.05, 0.1) is 0 Å². The lowest BCUT2D eigenvalue weighted by Crippen LogP contribution is -2.48. The predicted molar refractivity (Wildman–Crippen MR) is 135 cm³/mol. The molecule has 0 unspecified atom stereocenters. The van der Waals surface area contributed by atoms with Crippen molar-refractivity contribution in [3.63, 3.8) is 0 Å². The van der Waals surface area contributed by atoms with E-state index >= 15 is 0 Å². The van der Waals surface area contributed by atoms with Crippen LogP contribution in [0.25, 0.3) is 0 Å². The highest BCUT2D eigenvalue weighted by molar-refractivity contribution is 14.0. The highest BCUT2D eigenvalue weighted by Crippen LogP contribution is 2.20. The third kappa shape index (κ3) is 9.49. The van der Waals surface area contributed by atoms with Crippen LogP contribution in [0.1, 0.15) is 39.0 Å². The van der Waals surface area contributed by atoms with Crippen LogP contribution in [0.5, 0.6) is 0 Å². The number of nitrogens with zero attached hydrogens (tertiary/aromatic N) is 2. The number of ether oxygens (including phenoxy) is 2. The first-order valence-electron chi connectivity index (χ1n) is 11.5. The second-order valence-corrected chi connectivity index (χ2v) is 8.13. The van der Waals surface area contributed by atoms with E-state index in [0.717, 1.165) is 96.4 Å². The molecule has 0 saturated carbocycles. The van der Waals surface area contributed by atoms with Gasteiger partial charge in [-0.2, -0.15) is 0 Å². The molecule has 2 heterocycles. The maximum Gasteiger partial charge on any atom is 0.191 e. The van der Waals surface area contributed by atoms with Crippen LogP contribution in [0.4, 0.5) is 10.1 Å². The summed E-state index contributed by atoms with van der Waals surface area (Å²) in [5.41, 5.74) is 0.967. The van der Waals surface area contributed by atoms with E-state index in [0.29, 0.717) is 12.0 Å². The lowest BCUT2D eigenvalue weighted by Gasteiger charge is -2.34. The molecule has 0 radical (unpaired) electrons. The van der Waals surface area contributed by atoms with E-state index in [-0.39, 0.29) is 29.8 Å². The van der Waals surface area contributed by atoms with E-state index in [9.17, 15) is 4.39 Å². The lowest BCUT2D eigenvalue weighted by molar-refractivity contribution is 0.0205. The first kappa shape index (κ1) is 26.1. The number of halogens is 2. The Hall–Kier alpha value is -1.13. The Morgan fingerprint density at radius 3 is 2.71 bits per heavy atom. The molecule has 2 N–H and O–H groups in total. The minimum atomic E-state index is -0.175. The molecule has 0 atom stereocenters. The number of hydrogen-bond acceptors (Lipinski definition) is 4. The highest BCUT2D eigenvalue weighted by Gasteiger charge is 2.20. The number of rotatable bonds is 9. The van der Waals surface area contributed by atoms with Gasteiger partial charge in [-0.05, 0) is 63.1 Å². The van der Waals surface area contributed by atoms with Crippen LogP contribution in [0.15, 0.2) is 29.3 Å². The van der Waals surface area contributed by atoms with Gasteiger partial charge in [0.25, 0.3) is 0 Å². The second-order valence-electron chi connectivity index (χ2n) is 8.13. The highest BCUT2D eigenvalue weighted by atomic mass is 127. The molecule has 0 amide bonds. The Balaban J connectivity index is 0.00000341. The molecule has 2 saturated heterocycles. The van der Waals surface area contributed by atoms with E-state index in [4.69, 9.17) is 14.5 Å². The summed E-state index contributed by atoms with van der Waals surface area (Å²) >= 11 is 0. The summed E-state index contributed by atoms with van der Waals surface area (Å²) in [5.74, 6) is 1.36. The van der Waals surface area contributed by atoms with Gasteiger partial charge < -0.3 is 25.0 Å². The molecule has 1 aromatic rings. The fraction of sp³-hybridized carbons (Fsp3) is 0.696. The number of anilines is 1. The van der Waals surface area contributed by atoms with Gasteiger partial charge in [-0.3, -0.25) is 4.99 Å². The first-order valence-corrected chi connectivity index (χ1v) is 11.5. The van der Waals surface area contributed by atoms with Gasteiger partial charge in [0, 0.05) is 64.3 Å². The number of hydrogen-bond donors (Lipinski definition) is 2. The zero-order valence-electron chi connectivity index (χ0n) is 18.7. The summed E-state index contributed by atoms with van der Waals surface area (Å²) in [5, 5.41) is 6.91. The van der Waals surface area contributed by atoms with E-state index in [2.05, 4.69) is 22.5 Å². The maximum atomic E-state index is 13.5. The fourth-order valence-corrected chi connectivity index (χ4v) is 3.99. The Bertz CT molecular complexity index is 650. The SMILES string of the molecule is CCNC(=NCCCOCC1CCOCC1)NC1CCN(c2cccc(F)c2)CC1.I. The Kier molecular flexibility index (Phi) is 12.5. The minimum absolute atomic E-state index is 0. The molecule has 31 heavy (non-hydrogen) atoms. The number of aliphatic imine (C=N–C) groups is 1. The van der Waals surface area contributed by atoms with Crippen molar-refractivity contribution in [1.29, 1.82) is 0 Å². The second kappa shape index (κ2) is 14.8. The maximum absolute atomic E-state index is 13.5. The van der Waals surface area contributed by atoms with Gasteiger partial charge >= 0.3 is 0 Å². The topological polar surface area (TPSA) is 58.1 Å². The molecule has 0 aromatic heterocycles. The van der Waals surface area contributed by atoms with Crippen molar-refractivity contribution in [3.05, 3.63) is 30.1 Å². The summed E-state index contributed by atoms with van der Waals surface area (Å²) in [7, 11) is 0. The van der Waals surface area contributed by atoms with Crippen LogP contribution in [0.3, 0.4) is 0 Å². The standard InChI is InChI=1S/C23H37FN4O2.HI/c1-2-25-23(26-11-4-14-30-18-19-9-15-29-16-10-19)27-21-7-12-28(13-8-21)22-6-3-5-20(24)17-22;/h3,5-6,17,19,21H,2,4,7-16,18H2,1H3,(H2,25,26,27);1H. The number of piperidine rings is 1. The summed E-state index contributed by atoms with van der Waals surface area (Å²) in [4.78, 5) is 6.96. The molecular formula is C23H38FIN4O2. The molecular weight excluding hydrogens is 510 g/mol. The molecule has 8 heteroatoms. The van der Waals surface area contributed by atoms with Crippen molar-refractivity contribution in [2.45, 2.75) is 45.1 Å². The quantitative estimate of drug-likeness (QED) is 0.213. The molecule has 0 bridgehead atoms. The molecule has 2 aliphatic rings. The van der Waals surface area contributed by atoms with Crippen LogP contribution in [-0.2, 0) is 9.47 Å². The van der Waals surface area contributed by atoms with Crippen molar-refractivity contribution in [3.8, 4) is 0 Å². The van der Waals surface area contributed by atoms with Gasteiger partial charge in [-0.25, -0.2) is 4.39 Å². The van der Waals surface area contributed by atoms with Crippen molar-refractivity contribution in [2.75, 3.05) is 57.5 Å². The predicted octanol–water partition coefficient (Wildman–Crippen LogP) is 3.80. The molecule has 6 nitrogen and oxygen atoms in total. The van der Waals surface area contributed by atoms with Crippen LogP contribution < -0.4 is 15.5 Å². The van der Waals surface area contributed by atoms with Crippen molar-refractivity contribution >= 4 is 35.6 Å². The Morgan fingerprint density at radius 1 is 1.23 bits per heavy atom. The summed E-state index contributed by atoms with van der Waals surface area (Å²) in [6, 6.07) is 7.25. The largest absolute Gasteiger partial charge is 0.381 e. The van der Waals surface area contributed by atoms with Crippen LogP contribution in [0.2, 0.25) is 0 Å². The van der Waals surface area contributed by atoms with Crippen molar-refractivity contribution in [2.24, 2.45) is 10.9 Å². The normalized spacial score (nSPS) is 18.5. The fourth-order valence-electron chi connectivity index (χ4n) is 3.99. The van der Waals surface area contributed by atoms with Gasteiger partial charge in [-0.1, -0.05) is 6.07 Å². The monoisotopic (exact) mass is 548 g/mol. The van der Waals surface area contributed by atoms with E-state index < -0.39 is 0 Å². The zero-order chi connectivity index (χ0) is 21.0. The molecule has 1 aromatic carbocycles.